The number of hydrogen-bond donors (Lipinski definition) is 0. The zero-order chi connectivity index (χ0) is 14.1. The maximum Gasteiger partial charge on any atom is 0.166 e. The summed E-state index contributed by atoms with van der Waals surface area (Å²) in [4.78, 5) is 12.7. The first-order chi connectivity index (χ1) is 9.66. The third-order valence-electron chi connectivity index (χ3n) is 4.25. The zero-order valence-electron chi connectivity index (χ0n) is 11.5. The summed E-state index contributed by atoms with van der Waals surface area (Å²) in [6, 6.07) is 14.0. The molecule has 0 heterocycles. The Morgan fingerprint density at radius 1 is 1.10 bits per heavy atom. The largest absolute Gasteiger partial charge is 0.294 e. The SMILES string of the molecule is Cc1c(Cl)cccc1C(=O)C1CCc2ccccc2C1. The molecule has 0 spiro atoms. The van der Waals surface area contributed by atoms with E-state index in [1.165, 1.54) is 11.1 Å². The van der Waals surface area contributed by atoms with Gasteiger partial charge in [0.2, 0.25) is 0 Å². The third kappa shape index (κ3) is 2.38. The van der Waals surface area contributed by atoms with Crippen LogP contribution in [0.25, 0.3) is 0 Å². The van der Waals surface area contributed by atoms with Crippen LogP contribution in [0.3, 0.4) is 0 Å². The topological polar surface area (TPSA) is 17.1 Å². The van der Waals surface area contributed by atoms with Gasteiger partial charge in [0, 0.05) is 16.5 Å². The van der Waals surface area contributed by atoms with Gasteiger partial charge in [-0.1, -0.05) is 48.0 Å². The second-order valence-corrected chi connectivity index (χ2v) is 5.89. The van der Waals surface area contributed by atoms with E-state index in [1.807, 2.05) is 25.1 Å². The van der Waals surface area contributed by atoms with Crippen LogP contribution < -0.4 is 0 Å². The Balaban J connectivity index is 1.88. The summed E-state index contributed by atoms with van der Waals surface area (Å²) in [6.07, 6.45) is 2.77. The Labute approximate surface area is 124 Å². The number of carbonyl (C=O) groups is 1. The second-order valence-electron chi connectivity index (χ2n) is 5.49. The molecule has 1 unspecified atom stereocenters. The van der Waals surface area contributed by atoms with Crippen molar-refractivity contribution in [3.05, 3.63) is 69.7 Å². The standard InChI is InChI=1S/C18H17ClO/c1-12-16(7-4-8-17(12)19)18(20)15-10-9-13-5-2-3-6-14(13)11-15/h2-8,15H,9-11H2,1H3. The average molecular weight is 285 g/mol. The normalized spacial score (nSPS) is 17.6. The predicted octanol–water partition coefficient (Wildman–Crippen LogP) is 4.64. The van der Waals surface area contributed by atoms with E-state index >= 15 is 0 Å². The highest BCUT2D eigenvalue weighted by Gasteiger charge is 2.26. The molecule has 20 heavy (non-hydrogen) atoms. The van der Waals surface area contributed by atoms with Crippen LogP contribution >= 0.6 is 11.6 Å². The molecule has 1 atom stereocenters. The number of benzene rings is 2. The lowest BCUT2D eigenvalue weighted by Gasteiger charge is -2.24. The van der Waals surface area contributed by atoms with Crippen molar-refractivity contribution in [2.75, 3.05) is 0 Å². The van der Waals surface area contributed by atoms with Gasteiger partial charge in [-0.25, -0.2) is 0 Å². The number of carbonyl (C=O) groups excluding carboxylic acids is 1. The molecule has 2 aromatic carbocycles. The fourth-order valence-electron chi connectivity index (χ4n) is 3.02. The van der Waals surface area contributed by atoms with Gasteiger partial charge in [0.05, 0.1) is 0 Å². The highest BCUT2D eigenvalue weighted by Crippen LogP contribution is 2.29. The Bertz CT molecular complexity index is 660. The third-order valence-corrected chi connectivity index (χ3v) is 4.66. The smallest absolute Gasteiger partial charge is 0.166 e. The lowest BCUT2D eigenvalue weighted by molar-refractivity contribution is 0.0908. The van der Waals surface area contributed by atoms with Gasteiger partial charge in [0.1, 0.15) is 0 Å². The number of rotatable bonds is 2. The molecule has 0 saturated heterocycles. The lowest BCUT2D eigenvalue weighted by atomic mass is 9.79. The fraction of sp³-hybridized carbons (Fsp3) is 0.278. The van der Waals surface area contributed by atoms with Gasteiger partial charge in [-0.2, -0.15) is 0 Å². The van der Waals surface area contributed by atoms with Crippen LogP contribution in [0.15, 0.2) is 42.5 Å². The summed E-state index contributed by atoms with van der Waals surface area (Å²) in [7, 11) is 0. The van der Waals surface area contributed by atoms with Crippen LogP contribution in [-0.2, 0) is 12.8 Å². The van der Waals surface area contributed by atoms with Crippen molar-refractivity contribution in [3.63, 3.8) is 0 Å². The van der Waals surface area contributed by atoms with Crippen molar-refractivity contribution in [1.29, 1.82) is 0 Å². The van der Waals surface area contributed by atoms with Gasteiger partial charge in [-0.15, -0.1) is 0 Å². The van der Waals surface area contributed by atoms with Crippen molar-refractivity contribution >= 4 is 17.4 Å². The maximum absolute atomic E-state index is 12.7. The first kappa shape index (κ1) is 13.4. The minimum Gasteiger partial charge on any atom is -0.294 e. The molecule has 1 nitrogen and oxygen atoms in total. The van der Waals surface area contributed by atoms with Crippen molar-refractivity contribution < 1.29 is 4.79 Å². The Kier molecular flexibility index (Phi) is 3.62. The molecule has 0 aliphatic heterocycles. The summed E-state index contributed by atoms with van der Waals surface area (Å²) in [6.45, 7) is 1.92. The molecule has 2 aromatic rings. The fourth-order valence-corrected chi connectivity index (χ4v) is 3.19. The van der Waals surface area contributed by atoms with E-state index in [0.717, 1.165) is 30.4 Å². The Hall–Kier alpha value is -1.60. The minimum absolute atomic E-state index is 0.0852. The molecule has 0 fully saturated rings. The maximum atomic E-state index is 12.7. The van der Waals surface area contributed by atoms with E-state index in [1.54, 1.807) is 0 Å². The highest BCUT2D eigenvalue weighted by molar-refractivity contribution is 6.31. The molecule has 0 N–H and O–H groups in total. The van der Waals surface area contributed by atoms with Gasteiger partial charge in [-0.3, -0.25) is 4.79 Å². The Morgan fingerprint density at radius 3 is 2.65 bits per heavy atom. The van der Waals surface area contributed by atoms with Crippen molar-refractivity contribution in [3.8, 4) is 0 Å². The first-order valence-electron chi connectivity index (χ1n) is 7.03. The summed E-state index contributed by atoms with van der Waals surface area (Å²) in [5.74, 6) is 0.321. The monoisotopic (exact) mass is 284 g/mol. The molecule has 0 amide bonds. The van der Waals surface area contributed by atoms with Crippen LogP contribution in [0.2, 0.25) is 5.02 Å². The molecule has 1 aliphatic rings. The van der Waals surface area contributed by atoms with Gasteiger partial charge >= 0.3 is 0 Å². The van der Waals surface area contributed by atoms with Crippen LogP contribution in [0, 0.1) is 12.8 Å². The van der Waals surface area contributed by atoms with Crippen LogP contribution in [-0.4, -0.2) is 5.78 Å². The van der Waals surface area contributed by atoms with E-state index in [0.29, 0.717) is 5.02 Å². The number of Topliss-reactive ketones (excluding diaryl/α,β-unsaturated/α-hetero) is 1. The van der Waals surface area contributed by atoms with Crippen LogP contribution in [0.1, 0.15) is 33.5 Å². The van der Waals surface area contributed by atoms with Gasteiger partial charge in [-0.05, 0) is 48.9 Å². The van der Waals surface area contributed by atoms with Crippen molar-refractivity contribution in [2.24, 2.45) is 5.92 Å². The van der Waals surface area contributed by atoms with E-state index < -0.39 is 0 Å². The van der Waals surface area contributed by atoms with E-state index in [2.05, 4.69) is 24.3 Å². The van der Waals surface area contributed by atoms with E-state index in [9.17, 15) is 4.79 Å². The molecule has 2 heteroatoms. The lowest BCUT2D eigenvalue weighted by Crippen LogP contribution is -2.23. The van der Waals surface area contributed by atoms with Crippen LogP contribution in [0.4, 0.5) is 0 Å². The molecule has 3 rings (SSSR count). The molecule has 102 valence electrons. The van der Waals surface area contributed by atoms with E-state index in [-0.39, 0.29) is 11.7 Å². The minimum atomic E-state index is 0.0852. The molecule has 0 radical (unpaired) electrons. The summed E-state index contributed by atoms with van der Waals surface area (Å²) >= 11 is 6.13. The Morgan fingerprint density at radius 2 is 1.85 bits per heavy atom. The molecular formula is C18H17ClO. The number of fused-ring (bicyclic) bond motifs is 1. The predicted molar refractivity (Wildman–Crippen MR) is 82.5 cm³/mol. The number of halogens is 1. The molecule has 0 bridgehead atoms. The highest BCUT2D eigenvalue weighted by atomic mass is 35.5. The average Bonchev–Trinajstić information content (AvgIpc) is 2.49. The van der Waals surface area contributed by atoms with E-state index in [4.69, 9.17) is 11.6 Å². The first-order valence-corrected chi connectivity index (χ1v) is 7.40. The number of ketones is 1. The van der Waals surface area contributed by atoms with Crippen molar-refractivity contribution in [1.82, 2.24) is 0 Å². The summed E-state index contributed by atoms with van der Waals surface area (Å²) < 4.78 is 0. The quantitative estimate of drug-likeness (QED) is 0.735. The van der Waals surface area contributed by atoms with Crippen molar-refractivity contribution in [2.45, 2.75) is 26.2 Å². The second kappa shape index (κ2) is 5.41. The van der Waals surface area contributed by atoms with Gasteiger partial charge in [0.25, 0.3) is 0 Å². The van der Waals surface area contributed by atoms with Gasteiger partial charge < -0.3 is 0 Å². The molecule has 0 aromatic heterocycles. The van der Waals surface area contributed by atoms with Gasteiger partial charge in [0.15, 0.2) is 5.78 Å². The van der Waals surface area contributed by atoms with Crippen LogP contribution in [0.5, 0.6) is 0 Å². The number of hydrogen-bond acceptors (Lipinski definition) is 1. The molecule has 1 aliphatic carbocycles. The zero-order valence-corrected chi connectivity index (χ0v) is 12.3. The summed E-state index contributed by atoms with van der Waals surface area (Å²) in [5.41, 5.74) is 4.39. The molecular weight excluding hydrogens is 268 g/mol. The number of aryl methyl sites for hydroxylation is 1. The molecule has 0 saturated carbocycles. The summed E-state index contributed by atoms with van der Waals surface area (Å²) in [5, 5.41) is 0.673.